The highest BCUT2D eigenvalue weighted by Crippen LogP contribution is 2.25. The quantitative estimate of drug-likeness (QED) is 0.892. The van der Waals surface area contributed by atoms with Crippen molar-refractivity contribution in [3.8, 4) is 11.8 Å². The minimum absolute atomic E-state index is 0.0196. The number of rotatable bonds is 5. The van der Waals surface area contributed by atoms with Crippen molar-refractivity contribution in [1.82, 2.24) is 15.3 Å². The molecule has 2 aromatic heterocycles. The summed E-state index contributed by atoms with van der Waals surface area (Å²) in [5.74, 6) is 1.28. The Morgan fingerprint density at radius 2 is 2.36 bits per heavy atom. The van der Waals surface area contributed by atoms with Gasteiger partial charge in [0.25, 0.3) is 0 Å². The van der Waals surface area contributed by atoms with Gasteiger partial charge in [0, 0.05) is 44.4 Å². The van der Waals surface area contributed by atoms with Gasteiger partial charge in [-0.05, 0) is 18.2 Å². The molecular formula is C18H19N5O2. The number of carbonyl (C=O) groups is 1. The molecule has 1 fully saturated rings. The Morgan fingerprint density at radius 3 is 3.16 bits per heavy atom. The topological polar surface area (TPSA) is 91.1 Å². The highest BCUT2D eigenvalue weighted by atomic mass is 16.5. The van der Waals surface area contributed by atoms with Gasteiger partial charge in [-0.1, -0.05) is 0 Å². The number of ether oxygens (including phenoxy) is 1. The van der Waals surface area contributed by atoms with Gasteiger partial charge >= 0.3 is 0 Å². The largest absolute Gasteiger partial charge is 0.487 e. The summed E-state index contributed by atoms with van der Waals surface area (Å²) in [6, 6.07) is 7.54. The number of hydrogen-bond acceptors (Lipinski definition) is 6. The van der Waals surface area contributed by atoms with Gasteiger partial charge in [-0.15, -0.1) is 0 Å². The van der Waals surface area contributed by atoms with Gasteiger partial charge in [0.2, 0.25) is 5.91 Å². The van der Waals surface area contributed by atoms with Crippen LogP contribution in [0.15, 0.2) is 36.8 Å². The Hall–Kier alpha value is -3.14. The lowest BCUT2D eigenvalue weighted by molar-refractivity contribution is -0.119. The fourth-order valence-corrected chi connectivity index (χ4v) is 2.81. The van der Waals surface area contributed by atoms with E-state index >= 15 is 0 Å². The summed E-state index contributed by atoms with van der Waals surface area (Å²) < 4.78 is 6.10. The van der Waals surface area contributed by atoms with E-state index in [1.54, 1.807) is 30.7 Å². The van der Waals surface area contributed by atoms with Crippen LogP contribution in [0.5, 0.6) is 5.75 Å². The van der Waals surface area contributed by atoms with E-state index in [2.05, 4.69) is 26.3 Å². The van der Waals surface area contributed by atoms with Crippen molar-refractivity contribution < 1.29 is 9.53 Å². The molecule has 0 unspecified atom stereocenters. The summed E-state index contributed by atoms with van der Waals surface area (Å²) in [4.78, 5) is 21.6. The maximum absolute atomic E-state index is 11.1. The number of hydrogen-bond donors (Lipinski definition) is 1. The zero-order valence-corrected chi connectivity index (χ0v) is 14.0. The molecule has 1 aliphatic heterocycles. The molecule has 7 nitrogen and oxygen atoms in total. The molecule has 1 atom stereocenters. The fourth-order valence-electron chi connectivity index (χ4n) is 2.81. The van der Waals surface area contributed by atoms with Crippen molar-refractivity contribution in [1.29, 1.82) is 5.26 Å². The van der Waals surface area contributed by atoms with Gasteiger partial charge < -0.3 is 15.0 Å². The smallest absolute Gasteiger partial charge is 0.217 e. The number of nitrogens with one attached hydrogen (secondary N) is 1. The molecule has 7 heteroatoms. The molecule has 0 bridgehead atoms. The number of nitriles is 1. The standard InChI is InChI=1S/C18H19N5O2/c1-13(24)22-10-15-4-7-20-11-17(15)25-16-5-8-23(12-16)18-14(9-19)3-2-6-21-18/h2-4,6-7,11,16H,5,8,10,12H2,1H3,(H,22,24)/t16-/m0/s1. The van der Waals surface area contributed by atoms with Crippen LogP contribution < -0.4 is 15.0 Å². The van der Waals surface area contributed by atoms with Gasteiger partial charge in [0.05, 0.1) is 18.3 Å². The van der Waals surface area contributed by atoms with E-state index in [-0.39, 0.29) is 12.0 Å². The Labute approximate surface area is 146 Å². The molecular weight excluding hydrogens is 318 g/mol. The second-order valence-electron chi connectivity index (χ2n) is 5.85. The van der Waals surface area contributed by atoms with Crippen LogP contribution in [0.4, 0.5) is 5.82 Å². The number of carbonyl (C=O) groups excluding carboxylic acids is 1. The molecule has 128 valence electrons. The lowest BCUT2D eigenvalue weighted by Crippen LogP contribution is -2.26. The summed E-state index contributed by atoms with van der Waals surface area (Å²) in [5, 5.41) is 12.0. The molecule has 1 N–H and O–H groups in total. The molecule has 3 rings (SSSR count). The zero-order valence-electron chi connectivity index (χ0n) is 14.0. The summed E-state index contributed by atoms with van der Waals surface area (Å²) >= 11 is 0. The summed E-state index contributed by atoms with van der Waals surface area (Å²) in [6.07, 6.45) is 5.85. The molecule has 0 aliphatic carbocycles. The van der Waals surface area contributed by atoms with Crippen LogP contribution in [-0.2, 0) is 11.3 Å². The first kappa shape index (κ1) is 16.7. The number of anilines is 1. The van der Waals surface area contributed by atoms with Gasteiger partial charge in [-0.3, -0.25) is 9.78 Å². The van der Waals surface area contributed by atoms with Crippen LogP contribution in [-0.4, -0.2) is 35.1 Å². The molecule has 0 saturated carbocycles. The molecule has 0 spiro atoms. The zero-order chi connectivity index (χ0) is 17.6. The van der Waals surface area contributed by atoms with Crippen molar-refractivity contribution in [2.24, 2.45) is 0 Å². The first-order valence-corrected chi connectivity index (χ1v) is 8.11. The molecule has 2 aromatic rings. The van der Waals surface area contributed by atoms with Gasteiger partial charge in [0.15, 0.2) is 0 Å². The van der Waals surface area contributed by atoms with Crippen molar-refractivity contribution >= 4 is 11.7 Å². The highest BCUT2D eigenvalue weighted by Gasteiger charge is 2.27. The number of aromatic nitrogens is 2. The van der Waals surface area contributed by atoms with E-state index in [9.17, 15) is 10.1 Å². The molecule has 0 radical (unpaired) electrons. The van der Waals surface area contributed by atoms with Crippen LogP contribution >= 0.6 is 0 Å². The lowest BCUT2D eigenvalue weighted by Gasteiger charge is -2.19. The Kier molecular flexibility index (Phi) is 5.09. The monoisotopic (exact) mass is 337 g/mol. The highest BCUT2D eigenvalue weighted by molar-refractivity contribution is 5.72. The van der Waals surface area contributed by atoms with E-state index < -0.39 is 0 Å². The first-order valence-electron chi connectivity index (χ1n) is 8.11. The molecule has 0 aromatic carbocycles. The predicted molar refractivity (Wildman–Crippen MR) is 92.0 cm³/mol. The van der Waals surface area contributed by atoms with Crippen LogP contribution in [0.3, 0.4) is 0 Å². The maximum Gasteiger partial charge on any atom is 0.217 e. The molecule has 3 heterocycles. The Morgan fingerprint density at radius 1 is 1.48 bits per heavy atom. The van der Waals surface area contributed by atoms with E-state index in [0.29, 0.717) is 30.2 Å². The van der Waals surface area contributed by atoms with Gasteiger partial charge in [-0.25, -0.2) is 4.98 Å². The second kappa shape index (κ2) is 7.62. The Bertz CT molecular complexity index is 802. The third-order valence-electron chi connectivity index (χ3n) is 4.04. The first-order chi connectivity index (χ1) is 12.2. The minimum Gasteiger partial charge on any atom is -0.487 e. The van der Waals surface area contributed by atoms with Gasteiger partial charge in [-0.2, -0.15) is 5.26 Å². The predicted octanol–water partition coefficient (Wildman–Crippen LogP) is 1.64. The Balaban J connectivity index is 1.68. The normalized spacial score (nSPS) is 16.3. The van der Waals surface area contributed by atoms with Crippen molar-refractivity contribution in [2.45, 2.75) is 26.0 Å². The lowest BCUT2D eigenvalue weighted by atomic mass is 10.2. The summed E-state index contributed by atoms with van der Waals surface area (Å²) in [7, 11) is 0. The average molecular weight is 337 g/mol. The molecule has 1 aliphatic rings. The van der Waals surface area contributed by atoms with Crippen molar-refractivity contribution in [3.63, 3.8) is 0 Å². The summed E-state index contributed by atoms with van der Waals surface area (Å²) in [6.45, 7) is 3.32. The van der Waals surface area contributed by atoms with Gasteiger partial charge in [0.1, 0.15) is 23.7 Å². The third-order valence-corrected chi connectivity index (χ3v) is 4.04. The van der Waals surface area contributed by atoms with Crippen molar-refractivity contribution in [2.75, 3.05) is 18.0 Å². The van der Waals surface area contributed by atoms with Crippen LogP contribution in [0.25, 0.3) is 0 Å². The number of nitrogens with zero attached hydrogens (tertiary/aromatic N) is 4. The van der Waals surface area contributed by atoms with E-state index in [1.165, 1.54) is 6.92 Å². The van der Waals surface area contributed by atoms with Crippen LogP contribution in [0.2, 0.25) is 0 Å². The van der Waals surface area contributed by atoms with Crippen LogP contribution in [0, 0.1) is 11.3 Å². The molecule has 25 heavy (non-hydrogen) atoms. The minimum atomic E-state index is -0.0889. The van der Waals surface area contributed by atoms with Crippen molar-refractivity contribution in [3.05, 3.63) is 47.9 Å². The van der Waals surface area contributed by atoms with E-state index in [1.807, 2.05) is 6.07 Å². The average Bonchev–Trinajstić information content (AvgIpc) is 3.09. The number of pyridine rings is 2. The van der Waals surface area contributed by atoms with E-state index in [0.717, 1.165) is 18.5 Å². The fraction of sp³-hybridized carbons (Fsp3) is 0.333. The SMILES string of the molecule is CC(=O)NCc1ccncc1O[C@H]1CCN(c2ncccc2C#N)C1. The maximum atomic E-state index is 11.1. The second-order valence-corrected chi connectivity index (χ2v) is 5.85. The van der Waals surface area contributed by atoms with E-state index in [4.69, 9.17) is 4.74 Å². The third kappa shape index (κ3) is 4.04. The van der Waals surface area contributed by atoms with Crippen LogP contribution in [0.1, 0.15) is 24.5 Å². The molecule has 1 saturated heterocycles. The molecule has 1 amide bonds. The number of amides is 1. The summed E-state index contributed by atoms with van der Waals surface area (Å²) in [5.41, 5.74) is 1.45.